The van der Waals surface area contributed by atoms with Crippen molar-refractivity contribution in [2.75, 3.05) is 0 Å². The number of para-hydroxylation sites is 2. The number of nitriles is 1. The minimum atomic E-state index is -0.281. The van der Waals surface area contributed by atoms with Gasteiger partial charge in [-0.05, 0) is 12.1 Å². The van der Waals surface area contributed by atoms with E-state index in [1.165, 1.54) is 0 Å². The highest BCUT2D eigenvalue weighted by atomic mass is 16.7. The molecule has 1 aliphatic heterocycles. The number of benzene rings is 1. The molecule has 66 valence electrons. The van der Waals surface area contributed by atoms with Gasteiger partial charge in [-0.2, -0.15) is 5.26 Å². The van der Waals surface area contributed by atoms with Gasteiger partial charge in [0.05, 0.1) is 6.07 Å². The van der Waals surface area contributed by atoms with Gasteiger partial charge < -0.3 is 9.47 Å². The highest BCUT2D eigenvalue weighted by molar-refractivity contribution is 5.41. The Morgan fingerprint density at radius 2 is 1.85 bits per heavy atom. The lowest BCUT2D eigenvalue weighted by molar-refractivity contribution is 0.0432. The van der Waals surface area contributed by atoms with Crippen LogP contribution in [0.15, 0.2) is 24.3 Å². The smallest absolute Gasteiger partial charge is 0.242 e. The second-order valence-electron chi connectivity index (χ2n) is 2.81. The van der Waals surface area contributed by atoms with Crippen LogP contribution in [0.5, 0.6) is 11.5 Å². The van der Waals surface area contributed by atoms with Crippen molar-refractivity contribution < 1.29 is 9.47 Å². The van der Waals surface area contributed by atoms with Crippen molar-refractivity contribution in [1.82, 2.24) is 0 Å². The molecule has 1 heterocycles. The topological polar surface area (TPSA) is 42.2 Å². The van der Waals surface area contributed by atoms with E-state index in [1.54, 1.807) is 0 Å². The quantitative estimate of drug-likeness (QED) is 0.691. The van der Waals surface area contributed by atoms with Crippen LogP contribution in [-0.2, 0) is 0 Å². The van der Waals surface area contributed by atoms with Crippen LogP contribution >= 0.6 is 0 Å². The molecular formula is C10H9NO2. The molecule has 0 spiro atoms. The lowest BCUT2D eigenvalue weighted by atomic mass is 10.3. The van der Waals surface area contributed by atoms with Crippen LogP contribution in [0.1, 0.15) is 12.8 Å². The molecule has 0 unspecified atom stereocenters. The molecule has 0 aliphatic carbocycles. The third-order valence-corrected chi connectivity index (χ3v) is 1.86. The van der Waals surface area contributed by atoms with Gasteiger partial charge in [0.15, 0.2) is 11.5 Å². The van der Waals surface area contributed by atoms with Crippen molar-refractivity contribution in [2.24, 2.45) is 0 Å². The molecule has 0 aromatic heterocycles. The molecule has 0 amide bonds. The Balaban J connectivity index is 2.02. The van der Waals surface area contributed by atoms with Gasteiger partial charge >= 0.3 is 0 Å². The van der Waals surface area contributed by atoms with E-state index in [0.717, 1.165) is 11.5 Å². The van der Waals surface area contributed by atoms with Crippen LogP contribution in [-0.4, -0.2) is 6.29 Å². The number of ether oxygens (including phenoxy) is 2. The summed E-state index contributed by atoms with van der Waals surface area (Å²) in [6, 6.07) is 9.58. The van der Waals surface area contributed by atoms with Gasteiger partial charge in [-0.15, -0.1) is 0 Å². The largest absolute Gasteiger partial charge is 0.451 e. The average Bonchev–Trinajstić information content (AvgIpc) is 2.57. The highest BCUT2D eigenvalue weighted by Gasteiger charge is 2.22. The van der Waals surface area contributed by atoms with Gasteiger partial charge in [0.25, 0.3) is 0 Å². The van der Waals surface area contributed by atoms with Crippen LogP contribution in [0.25, 0.3) is 0 Å². The third-order valence-electron chi connectivity index (χ3n) is 1.86. The molecule has 0 radical (unpaired) electrons. The Bertz CT molecular complexity index is 318. The van der Waals surface area contributed by atoms with Crippen LogP contribution < -0.4 is 9.47 Å². The molecule has 3 heteroatoms. The molecule has 1 aromatic rings. The van der Waals surface area contributed by atoms with Crippen molar-refractivity contribution in [3.05, 3.63) is 24.3 Å². The first-order chi connectivity index (χ1) is 6.40. The maximum absolute atomic E-state index is 8.38. The summed E-state index contributed by atoms with van der Waals surface area (Å²) in [5, 5.41) is 8.38. The number of nitrogens with zero attached hydrogens (tertiary/aromatic N) is 1. The van der Waals surface area contributed by atoms with E-state index in [1.807, 2.05) is 24.3 Å². The molecular weight excluding hydrogens is 166 g/mol. The molecule has 0 saturated heterocycles. The van der Waals surface area contributed by atoms with E-state index < -0.39 is 0 Å². The highest BCUT2D eigenvalue weighted by Crippen LogP contribution is 2.34. The molecule has 1 aliphatic rings. The van der Waals surface area contributed by atoms with Crippen molar-refractivity contribution in [1.29, 1.82) is 5.26 Å². The van der Waals surface area contributed by atoms with Crippen LogP contribution in [0.3, 0.4) is 0 Å². The van der Waals surface area contributed by atoms with Crippen molar-refractivity contribution in [3.63, 3.8) is 0 Å². The van der Waals surface area contributed by atoms with Crippen molar-refractivity contribution in [2.45, 2.75) is 19.1 Å². The van der Waals surface area contributed by atoms with E-state index in [9.17, 15) is 0 Å². The fourth-order valence-corrected chi connectivity index (χ4v) is 1.25. The van der Waals surface area contributed by atoms with E-state index in [-0.39, 0.29) is 6.29 Å². The summed E-state index contributed by atoms with van der Waals surface area (Å²) in [6.45, 7) is 0. The Hall–Kier alpha value is -1.69. The number of hydrogen-bond acceptors (Lipinski definition) is 3. The minimum absolute atomic E-state index is 0.281. The molecule has 2 rings (SSSR count). The summed E-state index contributed by atoms with van der Waals surface area (Å²) in [7, 11) is 0. The third kappa shape index (κ3) is 1.57. The number of fused-ring (bicyclic) bond motifs is 1. The van der Waals surface area contributed by atoms with Gasteiger partial charge in [0.2, 0.25) is 6.29 Å². The molecule has 0 fully saturated rings. The lowest BCUT2D eigenvalue weighted by Crippen LogP contribution is -2.17. The van der Waals surface area contributed by atoms with Gasteiger partial charge in [0.1, 0.15) is 0 Å². The normalized spacial score (nSPS) is 14.1. The molecule has 13 heavy (non-hydrogen) atoms. The zero-order chi connectivity index (χ0) is 9.10. The number of hydrogen-bond donors (Lipinski definition) is 0. The number of rotatable bonds is 2. The Morgan fingerprint density at radius 1 is 1.23 bits per heavy atom. The fraction of sp³-hybridized carbons (Fsp3) is 0.300. The lowest BCUT2D eigenvalue weighted by Gasteiger charge is -2.06. The summed E-state index contributed by atoms with van der Waals surface area (Å²) < 4.78 is 10.9. The molecule has 1 aromatic carbocycles. The van der Waals surface area contributed by atoms with Crippen LogP contribution in [0.4, 0.5) is 0 Å². The predicted molar refractivity (Wildman–Crippen MR) is 46.3 cm³/mol. The molecule has 0 saturated carbocycles. The summed E-state index contributed by atoms with van der Waals surface area (Å²) in [5.41, 5.74) is 0. The monoisotopic (exact) mass is 175 g/mol. The first kappa shape index (κ1) is 7.93. The fourth-order valence-electron chi connectivity index (χ4n) is 1.25. The second-order valence-corrected chi connectivity index (χ2v) is 2.81. The van der Waals surface area contributed by atoms with Crippen LogP contribution in [0.2, 0.25) is 0 Å². The summed E-state index contributed by atoms with van der Waals surface area (Å²) in [5.74, 6) is 1.54. The van der Waals surface area contributed by atoms with E-state index in [4.69, 9.17) is 14.7 Å². The Kier molecular flexibility index (Phi) is 2.05. The Labute approximate surface area is 76.5 Å². The van der Waals surface area contributed by atoms with Gasteiger partial charge in [-0.25, -0.2) is 0 Å². The maximum atomic E-state index is 8.38. The van der Waals surface area contributed by atoms with E-state index >= 15 is 0 Å². The van der Waals surface area contributed by atoms with Gasteiger partial charge in [-0.3, -0.25) is 0 Å². The predicted octanol–water partition coefficient (Wildman–Crippen LogP) is 2.09. The molecule has 0 atom stereocenters. The summed E-state index contributed by atoms with van der Waals surface area (Å²) >= 11 is 0. The maximum Gasteiger partial charge on any atom is 0.242 e. The zero-order valence-corrected chi connectivity index (χ0v) is 7.06. The van der Waals surface area contributed by atoms with Gasteiger partial charge in [0, 0.05) is 12.8 Å². The van der Waals surface area contributed by atoms with E-state index in [2.05, 4.69) is 6.07 Å². The first-order valence-electron chi connectivity index (χ1n) is 4.19. The van der Waals surface area contributed by atoms with Crippen LogP contribution in [0, 0.1) is 11.3 Å². The standard InChI is InChI=1S/C10H9NO2/c11-7-3-6-10-12-8-4-1-2-5-9(8)13-10/h1-2,4-5,10H,3,6H2. The summed E-state index contributed by atoms with van der Waals surface area (Å²) in [6.07, 6.45) is 0.793. The first-order valence-corrected chi connectivity index (χ1v) is 4.19. The van der Waals surface area contributed by atoms with Gasteiger partial charge in [-0.1, -0.05) is 12.1 Å². The summed E-state index contributed by atoms with van der Waals surface area (Å²) in [4.78, 5) is 0. The SMILES string of the molecule is N#CCCC1Oc2ccccc2O1. The molecule has 3 nitrogen and oxygen atoms in total. The second kappa shape index (κ2) is 3.36. The van der Waals surface area contributed by atoms with E-state index in [0.29, 0.717) is 12.8 Å². The Morgan fingerprint density at radius 3 is 2.38 bits per heavy atom. The minimum Gasteiger partial charge on any atom is -0.451 e. The molecule has 0 N–H and O–H groups in total. The van der Waals surface area contributed by atoms with Crippen molar-refractivity contribution >= 4 is 0 Å². The van der Waals surface area contributed by atoms with Crippen molar-refractivity contribution in [3.8, 4) is 17.6 Å². The zero-order valence-electron chi connectivity index (χ0n) is 7.06. The molecule has 0 bridgehead atoms. The average molecular weight is 175 g/mol.